The van der Waals surface area contributed by atoms with Crippen molar-refractivity contribution in [3.8, 4) is 11.4 Å². The number of carbonyl (C=O) groups excluding carboxylic acids is 2. The van der Waals surface area contributed by atoms with Crippen molar-refractivity contribution in [3.05, 3.63) is 83.3 Å². The Balaban J connectivity index is 1.38. The number of aryl methyl sites for hydroxylation is 2. The van der Waals surface area contributed by atoms with Gasteiger partial charge in [-0.05, 0) is 48.7 Å². The molecule has 5 rings (SSSR count). The fourth-order valence-corrected chi connectivity index (χ4v) is 4.72. The molecule has 0 atom stereocenters. The van der Waals surface area contributed by atoms with Gasteiger partial charge in [-0.2, -0.15) is 0 Å². The molecule has 2 aromatic carbocycles. The van der Waals surface area contributed by atoms with E-state index < -0.39 is 0 Å². The van der Waals surface area contributed by atoms with E-state index in [0.29, 0.717) is 35.9 Å². The van der Waals surface area contributed by atoms with Crippen molar-refractivity contribution in [2.24, 2.45) is 0 Å². The van der Waals surface area contributed by atoms with Crippen molar-refractivity contribution < 1.29 is 14.0 Å². The molecule has 0 radical (unpaired) electrons. The van der Waals surface area contributed by atoms with Gasteiger partial charge < -0.3 is 9.73 Å². The zero-order valence-corrected chi connectivity index (χ0v) is 18.9. The van der Waals surface area contributed by atoms with Crippen LogP contribution in [0.2, 0.25) is 0 Å². The minimum absolute atomic E-state index is 0.00926. The maximum absolute atomic E-state index is 12.9. The second kappa shape index (κ2) is 9.07. The predicted molar refractivity (Wildman–Crippen MR) is 126 cm³/mol. The van der Waals surface area contributed by atoms with Gasteiger partial charge in [0, 0.05) is 17.7 Å². The van der Waals surface area contributed by atoms with Crippen LogP contribution < -0.4 is 5.32 Å². The maximum Gasteiger partial charge on any atom is 0.224 e. The van der Waals surface area contributed by atoms with Gasteiger partial charge in [-0.15, -0.1) is 10.2 Å². The summed E-state index contributed by atoms with van der Waals surface area (Å²) < 4.78 is 7.49. The van der Waals surface area contributed by atoms with E-state index in [4.69, 9.17) is 4.42 Å². The number of Topliss-reactive ketones (excluding diaryl/α,β-unsaturated/α-hetero) is 1. The maximum atomic E-state index is 12.9. The molecule has 1 aliphatic rings. The van der Waals surface area contributed by atoms with Crippen LogP contribution in [0.15, 0.2) is 70.4 Å². The molecule has 1 aliphatic heterocycles. The zero-order chi connectivity index (χ0) is 22.8. The zero-order valence-electron chi connectivity index (χ0n) is 18.1. The van der Waals surface area contributed by atoms with Crippen molar-refractivity contribution >= 4 is 29.1 Å². The summed E-state index contributed by atoms with van der Waals surface area (Å²) in [6.45, 7) is 2.48. The Labute approximate surface area is 195 Å². The summed E-state index contributed by atoms with van der Waals surface area (Å²) in [7, 11) is 0. The Kier molecular flexibility index (Phi) is 5.83. The number of amides is 1. The van der Waals surface area contributed by atoms with Gasteiger partial charge in [-0.25, -0.2) is 0 Å². The van der Waals surface area contributed by atoms with E-state index in [0.717, 1.165) is 28.1 Å². The third-order valence-electron chi connectivity index (χ3n) is 5.66. The summed E-state index contributed by atoms with van der Waals surface area (Å²) in [6, 6.07) is 17.4. The second-order valence-electron chi connectivity index (χ2n) is 7.90. The Morgan fingerprint density at radius 1 is 1.12 bits per heavy atom. The lowest BCUT2D eigenvalue weighted by Gasteiger charge is -2.17. The molecule has 166 valence electrons. The number of carbonyl (C=O) groups is 2. The molecule has 33 heavy (non-hydrogen) atoms. The molecule has 1 N–H and O–H groups in total. The monoisotopic (exact) mass is 458 g/mol. The molecule has 1 amide bonds. The summed E-state index contributed by atoms with van der Waals surface area (Å²) >= 11 is 1.37. The van der Waals surface area contributed by atoms with Gasteiger partial charge in [0.1, 0.15) is 5.76 Å². The number of ketones is 1. The first-order valence-corrected chi connectivity index (χ1v) is 11.7. The fraction of sp³-hybridized carbons (Fsp3) is 0.200. The summed E-state index contributed by atoms with van der Waals surface area (Å²) in [6.07, 6.45) is 2.73. The molecule has 2 aromatic heterocycles. The normalized spacial score (nSPS) is 12.9. The second-order valence-corrected chi connectivity index (χ2v) is 8.84. The van der Waals surface area contributed by atoms with Crippen LogP contribution >= 0.6 is 11.8 Å². The van der Waals surface area contributed by atoms with E-state index in [1.165, 1.54) is 11.8 Å². The number of rotatable bonds is 7. The van der Waals surface area contributed by atoms with Crippen LogP contribution in [0.5, 0.6) is 0 Å². The van der Waals surface area contributed by atoms with Gasteiger partial charge in [-0.3, -0.25) is 14.2 Å². The minimum atomic E-state index is 0.00926. The van der Waals surface area contributed by atoms with Crippen molar-refractivity contribution in [1.29, 1.82) is 0 Å². The quantitative estimate of drug-likeness (QED) is 0.317. The number of benzene rings is 2. The number of nitrogens with zero attached hydrogens (tertiary/aromatic N) is 3. The van der Waals surface area contributed by atoms with Crippen LogP contribution in [0.3, 0.4) is 0 Å². The van der Waals surface area contributed by atoms with Gasteiger partial charge in [0.2, 0.25) is 5.91 Å². The number of furan rings is 1. The molecular weight excluding hydrogens is 436 g/mol. The molecule has 0 saturated carbocycles. The molecule has 0 unspecified atom stereocenters. The summed E-state index contributed by atoms with van der Waals surface area (Å²) in [5.74, 6) is 1.74. The Hall–Kier alpha value is -3.65. The lowest BCUT2D eigenvalue weighted by molar-refractivity contribution is -0.116. The van der Waals surface area contributed by atoms with Gasteiger partial charge in [0.15, 0.2) is 16.8 Å². The Bertz CT molecular complexity index is 1330. The molecule has 4 aromatic rings. The lowest BCUT2D eigenvalue weighted by Crippen LogP contribution is -2.19. The number of anilines is 1. The first kappa shape index (κ1) is 21.2. The average Bonchev–Trinajstić information content (AvgIpc) is 3.43. The number of hydrogen-bond donors (Lipinski definition) is 1. The summed E-state index contributed by atoms with van der Waals surface area (Å²) in [4.78, 5) is 24.5. The lowest BCUT2D eigenvalue weighted by atomic mass is 9.99. The van der Waals surface area contributed by atoms with Crippen LogP contribution in [0.1, 0.15) is 33.7 Å². The third-order valence-corrected chi connectivity index (χ3v) is 6.62. The molecule has 8 heteroatoms. The standard InChI is InChI=1S/C25H22N4O3S/c1-16-20(11-12-32-16)24-27-28-25(29(24)14-17-5-3-2-4-6-17)33-15-22(30)19-7-9-21-18(13-19)8-10-23(31)26-21/h2-7,9,11-13H,8,10,14-15H2,1H3,(H,26,31). The number of thioether (sulfide) groups is 1. The SMILES string of the molecule is Cc1occc1-c1nnc(SCC(=O)c2ccc3c(c2)CCC(=O)N3)n1Cc1ccccc1. The topological polar surface area (TPSA) is 90.0 Å². The number of aromatic nitrogens is 3. The number of hydrogen-bond acceptors (Lipinski definition) is 6. The van der Waals surface area contributed by atoms with Gasteiger partial charge in [-0.1, -0.05) is 42.1 Å². The van der Waals surface area contributed by atoms with E-state index >= 15 is 0 Å². The summed E-state index contributed by atoms with van der Waals surface area (Å²) in [5, 5.41) is 12.3. The third kappa shape index (κ3) is 4.47. The van der Waals surface area contributed by atoms with Crippen LogP contribution in [0.4, 0.5) is 5.69 Å². The summed E-state index contributed by atoms with van der Waals surface area (Å²) in [5.41, 5.74) is 4.42. The van der Waals surface area contributed by atoms with Gasteiger partial charge in [0.05, 0.1) is 24.1 Å². The first-order chi connectivity index (χ1) is 16.1. The van der Waals surface area contributed by atoms with Crippen LogP contribution in [0.25, 0.3) is 11.4 Å². The number of fused-ring (bicyclic) bond motifs is 1. The van der Waals surface area contributed by atoms with Crippen molar-refractivity contribution in [1.82, 2.24) is 14.8 Å². The molecule has 3 heterocycles. The van der Waals surface area contributed by atoms with Gasteiger partial charge in [0.25, 0.3) is 0 Å². The van der Waals surface area contributed by atoms with Crippen molar-refractivity contribution in [3.63, 3.8) is 0 Å². The van der Waals surface area contributed by atoms with Crippen LogP contribution in [0, 0.1) is 6.92 Å². The molecule has 0 bridgehead atoms. The minimum Gasteiger partial charge on any atom is -0.469 e. The largest absolute Gasteiger partial charge is 0.469 e. The average molecular weight is 459 g/mol. The highest BCUT2D eigenvalue weighted by Crippen LogP contribution is 2.29. The van der Waals surface area contributed by atoms with E-state index in [1.807, 2.05) is 47.9 Å². The smallest absolute Gasteiger partial charge is 0.224 e. The van der Waals surface area contributed by atoms with Crippen LogP contribution in [-0.2, 0) is 17.8 Å². The fourth-order valence-electron chi connectivity index (χ4n) is 3.89. The Morgan fingerprint density at radius 2 is 1.97 bits per heavy atom. The predicted octanol–water partition coefficient (Wildman–Crippen LogP) is 4.75. The Morgan fingerprint density at radius 3 is 2.76 bits per heavy atom. The highest BCUT2D eigenvalue weighted by molar-refractivity contribution is 7.99. The van der Waals surface area contributed by atoms with Gasteiger partial charge >= 0.3 is 0 Å². The van der Waals surface area contributed by atoms with E-state index in [9.17, 15) is 9.59 Å². The van der Waals surface area contributed by atoms with Crippen molar-refractivity contribution in [2.75, 3.05) is 11.1 Å². The van der Waals surface area contributed by atoms with E-state index in [1.54, 1.807) is 12.3 Å². The molecule has 0 saturated heterocycles. The molecule has 0 spiro atoms. The molecule has 0 fully saturated rings. The van der Waals surface area contributed by atoms with Crippen molar-refractivity contribution in [2.45, 2.75) is 31.5 Å². The molecular formula is C25H22N4O3S. The highest BCUT2D eigenvalue weighted by atomic mass is 32.2. The van der Waals surface area contributed by atoms with E-state index in [2.05, 4.69) is 27.6 Å². The highest BCUT2D eigenvalue weighted by Gasteiger charge is 2.20. The molecule has 0 aliphatic carbocycles. The van der Waals surface area contributed by atoms with Crippen LogP contribution in [-0.4, -0.2) is 32.2 Å². The van der Waals surface area contributed by atoms with E-state index in [-0.39, 0.29) is 17.4 Å². The number of nitrogens with one attached hydrogen (secondary N) is 1. The molecule has 7 nitrogen and oxygen atoms in total. The first-order valence-electron chi connectivity index (χ1n) is 10.7.